The maximum Gasteiger partial charge on any atom is 0.249 e. The van der Waals surface area contributed by atoms with Crippen LogP contribution in [0.1, 0.15) is 125 Å². The molecular weight excluding hydrogens is 715 g/mol. The second kappa shape index (κ2) is 41.6. The van der Waals surface area contributed by atoms with E-state index in [0.717, 1.165) is 50.0 Å². The van der Waals surface area contributed by atoms with Gasteiger partial charge in [-0.15, -0.1) is 0 Å². The lowest BCUT2D eigenvalue weighted by Crippen LogP contribution is -2.47. The van der Waals surface area contributed by atoms with E-state index in [2.05, 4.69) is 97.5 Å². The molecule has 1 atom stereocenters. The highest BCUT2D eigenvalue weighted by Gasteiger charge is 2.35. The number of unbranched alkanes of at least 4 members (excludes halogenated alkanes) is 5. The largest absolute Gasteiger partial charge is 0.384 e. The van der Waals surface area contributed by atoms with E-state index in [4.69, 9.17) is 9.47 Å². The van der Waals surface area contributed by atoms with Gasteiger partial charge in [0.2, 0.25) is 17.7 Å². The number of nitrogens with one attached hydrogen (secondary N) is 3. The lowest BCUT2D eigenvalue weighted by Gasteiger charge is -2.31. The molecule has 0 aliphatic rings. The number of methoxy groups -OCH3 is 2. The fourth-order valence-corrected chi connectivity index (χ4v) is 6.74. The van der Waals surface area contributed by atoms with Gasteiger partial charge in [-0.2, -0.15) is 0 Å². The Hall–Kier alpha value is -2.53. The number of amides is 3. The zero-order valence-electron chi connectivity index (χ0n) is 35.0. The Balaban J connectivity index is 0. The number of allylic oxidation sites excluding steroid dienone is 11. The zero-order chi connectivity index (χ0) is 40.4. The van der Waals surface area contributed by atoms with E-state index in [9.17, 15) is 14.4 Å². The van der Waals surface area contributed by atoms with E-state index < -0.39 is 11.5 Å². The van der Waals surface area contributed by atoms with Gasteiger partial charge in [0.25, 0.3) is 0 Å². The first-order valence-corrected chi connectivity index (χ1v) is 22.7. The maximum absolute atomic E-state index is 12.4. The normalized spacial score (nSPS) is 12.7. The van der Waals surface area contributed by atoms with Crippen LogP contribution in [0, 0.1) is 5.41 Å². The molecule has 0 radical (unpaired) electrons. The summed E-state index contributed by atoms with van der Waals surface area (Å²) in [5.74, 6) is 1.20. The van der Waals surface area contributed by atoms with E-state index in [-0.39, 0.29) is 30.7 Å². The third kappa shape index (κ3) is 37.8. The summed E-state index contributed by atoms with van der Waals surface area (Å²) in [6.45, 7) is 12.2. The zero-order valence-corrected chi connectivity index (χ0v) is 36.6. The van der Waals surface area contributed by atoms with E-state index in [1.54, 1.807) is 28.7 Å². The Morgan fingerprint density at radius 2 is 1.04 bits per heavy atom. The van der Waals surface area contributed by atoms with Crippen LogP contribution in [-0.4, -0.2) is 75.8 Å². The highest BCUT2D eigenvalue weighted by atomic mass is 33.1. The van der Waals surface area contributed by atoms with Crippen molar-refractivity contribution in [1.29, 1.82) is 0 Å². The molecule has 310 valence electrons. The quantitative estimate of drug-likeness (QED) is 0.0345. The molecule has 0 aliphatic heterocycles. The molecule has 0 unspecified atom stereocenters. The smallest absolute Gasteiger partial charge is 0.249 e. The molecule has 0 aromatic rings. The molecule has 54 heavy (non-hydrogen) atoms. The summed E-state index contributed by atoms with van der Waals surface area (Å²) >= 11 is 0. The number of ether oxygens (including phenoxy) is 2. The van der Waals surface area contributed by atoms with Crippen molar-refractivity contribution >= 4 is 39.3 Å². The molecule has 0 fully saturated rings. The summed E-state index contributed by atoms with van der Waals surface area (Å²) in [6, 6.07) is 0. The van der Waals surface area contributed by atoms with Gasteiger partial charge >= 0.3 is 0 Å². The Morgan fingerprint density at radius 3 is 1.46 bits per heavy atom. The molecule has 0 aromatic carbocycles. The highest BCUT2D eigenvalue weighted by Crippen LogP contribution is 2.23. The van der Waals surface area contributed by atoms with Crippen LogP contribution in [0.5, 0.6) is 0 Å². The monoisotopic (exact) mass is 792 g/mol. The van der Waals surface area contributed by atoms with Crippen LogP contribution >= 0.6 is 21.6 Å². The molecule has 0 saturated carbocycles. The standard InChI is InChI=1S/C36H59N3O5S2.C8H18/c1-6-7-8-9-10-11-12-13-14-15-16-17-18-19-20-21-22-23-24-32(40)37-27-29-45-46-30-28-38-33(41)25-26-39-35(42)34(44-5)36(2,3)31-43-4;1-3-5-7-8-6-4-2/h7-8,10-11,13-14,16-17,19-20,22-23,34H,6,9,12,15,18,21,24-31H2,1-5H3,(H,37,40)(H,38,41)(H,39,42);3-8H2,1-2H3/b8-7-,11-10-,14-13-,17-16-,20-19-,23-22-;/t34-;/m0./s1. The van der Waals surface area contributed by atoms with Gasteiger partial charge in [0.05, 0.1) is 6.61 Å². The summed E-state index contributed by atoms with van der Waals surface area (Å²) in [5, 5.41) is 8.55. The summed E-state index contributed by atoms with van der Waals surface area (Å²) in [6.07, 6.45) is 39.9. The lowest BCUT2D eigenvalue weighted by atomic mass is 9.86. The van der Waals surface area contributed by atoms with Gasteiger partial charge in [-0.1, -0.05) is 168 Å². The van der Waals surface area contributed by atoms with Crippen molar-refractivity contribution in [1.82, 2.24) is 16.0 Å². The first-order chi connectivity index (χ1) is 26.2. The first-order valence-electron chi connectivity index (χ1n) is 20.2. The molecule has 0 aliphatic carbocycles. The minimum Gasteiger partial charge on any atom is -0.384 e. The Labute approximate surface area is 338 Å². The van der Waals surface area contributed by atoms with Crippen LogP contribution in [0.4, 0.5) is 0 Å². The summed E-state index contributed by atoms with van der Waals surface area (Å²) < 4.78 is 10.5. The first kappa shape index (κ1) is 53.6. The van der Waals surface area contributed by atoms with Crippen LogP contribution < -0.4 is 16.0 Å². The molecule has 3 amide bonds. The SMILES string of the molecule is CC/C=C\C/C=C\C/C=C\C/C=C\C/C=C\C/C=C\CC(=O)NCCSSCCNC(=O)CCNC(=O)[C@H](OC)C(C)(C)COC.CCCCCCCC. The molecule has 0 rings (SSSR count). The predicted octanol–water partition coefficient (Wildman–Crippen LogP) is 10.2. The van der Waals surface area contributed by atoms with E-state index in [1.165, 1.54) is 45.6 Å². The van der Waals surface area contributed by atoms with Gasteiger partial charge in [-0.3, -0.25) is 14.4 Å². The lowest BCUT2D eigenvalue weighted by molar-refractivity contribution is -0.140. The summed E-state index contributed by atoms with van der Waals surface area (Å²) in [4.78, 5) is 36.4. The number of rotatable bonds is 33. The van der Waals surface area contributed by atoms with Crippen molar-refractivity contribution in [2.24, 2.45) is 5.41 Å². The molecule has 0 saturated heterocycles. The van der Waals surface area contributed by atoms with E-state index in [1.807, 2.05) is 26.0 Å². The van der Waals surface area contributed by atoms with Crippen molar-refractivity contribution in [2.45, 2.75) is 131 Å². The molecule has 3 N–H and O–H groups in total. The van der Waals surface area contributed by atoms with Gasteiger partial charge in [-0.25, -0.2) is 0 Å². The van der Waals surface area contributed by atoms with Gasteiger partial charge in [0, 0.05) is 63.6 Å². The second-order valence-corrected chi connectivity index (χ2v) is 16.2. The van der Waals surface area contributed by atoms with Crippen LogP contribution in [0.2, 0.25) is 0 Å². The summed E-state index contributed by atoms with van der Waals surface area (Å²) in [5.41, 5.74) is -0.484. The molecule has 0 spiro atoms. The third-order valence-electron chi connectivity index (χ3n) is 7.81. The Kier molecular flexibility index (Phi) is 41.3. The molecule has 8 nitrogen and oxygen atoms in total. The minimum atomic E-state index is -0.662. The van der Waals surface area contributed by atoms with Crippen molar-refractivity contribution in [3.63, 3.8) is 0 Å². The maximum atomic E-state index is 12.4. The Bertz CT molecular complexity index is 1080. The van der Waals surface area contributed by atoms with Crippen molar-refractivity contribution in [3.8, 4) is 0 Å². The Morgan fingerprint density at radius 1 is 0.593 bits per heavy atom. The molecule has 0 heterocycles. The summed E-state index contributed by atoms with van der Waals surface area (Å²) in [7, 11) is 6.39. The number of hydrogen-bond acceptors (Lipinski definition) is 7. The van der Waals surface area contributed by atoms with Gasteiger partial charge < -0.3 is 25.4 Å². The third-order valence-corrected chi connectivity index (χ3v) is 10.2. The molecular formula is C44H77N3O5S2. The van der Waals surface area contributed by atoms with Crippen molar-refractivity contribution in [2.75, 3.05) is 52.0 Å². The predicted molar refractivity (Wildman–Crippen MR) is 237 cm³/mol. The number of carbonyl (C=O) groups excluding carboxylic acids is 3. The van der Waals surface area contributed by atoms with Crippen LogP contribution in [0.25, 0.3) is 0 Å². The average molecular weight is 792 g/mol. The van der Waals surface area contributed by atoms with Gasteiger partial charge in [0.1, 0.15) is 6.10 Å². The highest BCUT2D eigenvalue weighted by molar-refractivity contribution is 8.76. The second-order valence-electron chi connectivity index (χ2n) is 13.5. The van der Waals surface area contributed by atoms with E-state index in [0.29, 0.717) is 26.1 Å². The van der Waals surface area contributed by atoms with Crippen LogP contribution in [0.3, 0.4) is 0 Å². The molecule has 0 bridgehead atoms. The minimum absolute atomic E-state index is 0.0177. The fourth-order valence-electron chi connectivity index (χ4n) is 4.93. The van der Waals surface area contributed by atoms with Crippen molar-refractivity contribution < 1.29 is 23.9 Å². The average Bonchev–Trinajstić information content (AvgIpc) is 3.14. The van der Waals surface area contributed by atoms with Crippen molar-refractivity contribution in [3.05, 3.63) is 72.9 Å². The van der Waals surface area contributed by atoms with Crippen LogP contribution in [0.15, 0.2) is 72.9 Å². The number of hydrogen-bond donors (Lipinski definition) is 3. The van der Waals surface area contributed by atoms with Gasteiger partial charge in [-0.05, 0) is 38.5 Å². The van der Waals surface area contributed by atoms with Crippen LogP contribution in [-0.2, 0) is 23.9 Å². The van der Waals surface area contributed by atoms with Gasteiger partial charge in [0.15, 0.2) is 0 Å². The number of carbonyl (C=O) groups is 3. The molecule has 10 heteroatoms. The molecule has 0 aromatic heterocycles. The topological polar surface area (TPSA) is 106 Å². The fraction of sp³-hybridized carbons (Fsp3) is 0.659. The van der Waals surface area contributed by atoms with E-state index >= 15 is 0 Å².